The molecule has 0 saturated heterocycles. The van der Waals surface area contributed by atoms with Gasteiger partial charge in [0.15, 0.2) is 0 Å². The highest BCUT2D eigenvalue weighted by molar-refractivity contribution is 5.84. The van der Waals surface area contributed by atoms with Crippen LogP contribution in [0.5, 0.6) is 0 Å². The van der Waals surface area contributed by atoms with Crippen LogP contribution in [0.2, 0.25) is 0 Å². The lowest BCUT2D eigenvalue weighted by Crippen LogP contribution is -1.97. The van der Waals surface area contributed by atoms with Crippen LogP contribution in [0, 0.1) is 13.0 Å². The zero-order valence-corrected chi connectivity index (χ0v) is 8.54. The van der Waals surface area contributed by atoms with Crippen molar-refractivity contribution in [3.63, 3.8) is 0 Å². The summed E-state index contributed by atoms with van der Waals surface area (Å²) in [6, 6.07) is 9.13. The van der Waals surface area contributed by atoms with Crippen molar-refractivity contribution in [1.82, 2.24) is 4.57 Å². The van der Waals surface area contributed by atoms with Gasteiger partial charge in [-0.05, 0) is 26.0 Å². The second kappa shape index (κ2) is 3.46. The maximum absolute atomic E-state index is 9.29. The Balaban J connectivity index is 2.85. The lowest BCUT2D eigenvalue weighted by atomic mass is 10.1. The molecule has 1 radical (unpaired) electrons. The molecule has 2 nitrogen and oxygen atoms in total. The topological polar surface area (TPSA) is 25.2 Å². The summed E-state index contributed by atoms with van der Waals surface area (Å²) in [5.41, 5.74) is 3.31. The van der Waals surface area contributed by atoms with Gasteiger partial charge in [-0.25, -0.2) is 0 Å². The van der Waals surface area contributed by atoms with Gasteiger partial charge in [0.1, 0.15) is 0 Å². The standard InChI is InChI=1S/C12H14NO/c1-3-13-9(2)11(8-14)10-6-4-5-7-12(10)13/h4-5,7,14H,3,8H2,1-2H3. The third-order valence-electron chi connectivity index (χ3n) is 2.74. The predicted molar refractivity (Wildman–Crippen MR) is 57.1 cm³/mol. The Morgan fingerprint density at radius 2 is 2.29 bits per heavy atom. The van der Waals surface area contributed by atoms with E-state index in [0.717, 1.165) is 28.7 Å². The molecule has 14 heavy (non-hydrogen) atoms. The van der Waals surface area contributed by atoms with Crippen molar-refractivity contribution < 1.29 is 5.11 Å². The fourth-order valence-electron chi connectivity index (χ4n) is 2.02. The van der Waals surface area contributed by atoms with Crippen LogP contribution in [0.1, 0.15) is 18.2 Å². The smallest absolute Gasteiger partial charge is 0.0705 e. The average Bonchev–Trinajstić information content (AvgIpc) is 2.49. The summed E-state index contributed by atoms with van der Waals surface area (Å²) < 4.78 is 2.21. The summed E-state index contributed by atoms with van der Waals surface area (Å²) in [5, 5.41) is 10.3. The van der Waals surface area contributed by atoms with Gasteiger partial charge >= 0.3 is 0 Å². The molecule has 0 amide bonds. The van der Waals surface area contributed by atoms with Crippen LogP contribution in [-0.2, 0) is 13.2 Å². The van der Waals surface area contributed by atoms with E-state index in [2.05, 4.69) is 23.6 Å². The number of benzene rings is 1. The van der Waals surface area contributed by atoms with E-state index in [-0.39, 0.29) is 6.61 Å². The van der Waals surface area contributed by atoms with Gasteiger partial charge in [-0.1, -0.05) is 12.1 Å². The van der Waals surface area contributed by atoms with Crippen LogP contribution >= 0.6 is 0 Å². The summed E-state index contributed by atoms with van der Waals surface area (Å²) in [6.45, 7) is 5.18. The molecule has 0 saturated carbocycles. The Hall–Kier alpha value is -1.28. The molecule has 0 spiro atoms. The van der Waals surface area contributed by atoms with Crippen LogP contribution in [0.4, 0.5) is 0 Å². The monoisotopic (exact) mass is 188 g/mol. The first-order valence-electron chi connectivity index (χ1n) is 4.88. The largest absolute Gasteiger partial charge is 0.392 e. The summed E-state index contributed by atoms with van der Waals surface area (Å²) in [5.74, 6) is 0. The molecule has 2 aromatic rings. The van der Waals surface area contributed by atoms with Gasteiger partial charge in [-0.3, -0.25) is 0 Å². The predicted octanol–water partition coefficient (Wildman–Crippen LogP) is 2.26. The summed E-state index contributed by atoms with van der Waals surface area (Å²) in [6.07, 6.45) is 0. The number of aromatic nitrogens is 1. The Bertz CT molecular complexity index is 416. The lowest BCUT2D eigenvalue weighted by molar-refractivity contribution is 0.282. The van der Waals surface area contributed by atoms with Gasteiger partial charge in [-0.2, -0.15) is 0 Å². The highest BCUT2D eigenvalue weighted by Crippen LogP contribution is 2.24. The molecule has 1 aromatic carbocycles. The first-order valence-corrected chi connectivity index (χ1v) is 4.88. The highest BCUT2D eigenvalue weighted by atomic mass is 16.3. The maximum Gasteiger partial charge on any atom is 0.0705 e. The van der Waals surface area contributed by atoms with Gasteiger partial charge in [-0.15, -0.1) is 0 Å². The lowest BCUT2D eigenvalue weighted by Gasteiger charge is -2.03. The van der Waals surface area contributed by atoms with E-state index in [9.17, 15) is 5.11 Å². The number of nitrogens with zero attached hydrogens (tertiary/aromatic N) is 1. The fourth-order valence-corrected chi connectivity index (χ4v) is 2.02. The van der Waals surface area contributed by atoms with E-state index in [0.29, 0.717) is 0 Å². The minimum absolute atomic E-state index is 0.0931. The SMILES string of the molecule is CCn1c(C)c(CO)c2[c]cccc21. The van der Waals surface area contributed by atoms with Crippen molar-refractivity contribution in [3.8, 4) is 0 Å². The third kappa shape index (κ3) is 1.15. The molecule has 2 rings (SSSR count). The molecular weight excluding hydrogens is 174 g/mol. The zero-order valence-electron chi connectivity index (χ0n) is 8.54. The number of aliphatic hydroxyl groups is 1. The van der Waals surface area contributed by atoms with Gasteiger partial charge in [0.2, 0.25) is 0 Å². The second-order valence-electron chi connectivity index (χ2n) is 3.40. The minimum atomic E-state index is 0.0931. The number of hydrogen-bond donors (Lipinski definition) is 1. The molecule has 1 N–H and O–H groups in total. The number of aryl methyl sites for hydroxylation is 1. The van der Waals surface area contributed by atoms with Crippen LogP contribution in [-0.4, -0.2) is 9.67 Å². The fraction of sp³-hybridized carbons (Fsp3) is 0.333. The molecule has 0 aliphatic rings. The summed E-state index contributed by atoms with van der Waals surface area (Å²) in [4.78, 5) is 0. The van der Waals surface area contributed by atoms with E-state index < -0.39 is 0 Å². The second-order valence-corrected chi connectivity index (χ2v) is 3.40. The van der Waals surface area contributed by atoms with Crippen molar-refractivity contribution in [2.75, 3.05) is 0 Å². The Morgan fingerprint density at radius 1 is 1.50 bits per heavy atom. The van der Waals surface area contributed by atoms with E-state index in [4.69, 9.17) is 0 Å². The molecular formula is C12H14NO. The number of hydrogen-bond acceptors (Lipinski definition) is 1. The Labute approximate surface area is 83.8 Å². The first-order chi connectivity index (χ1) is 6.79. The van der Waals surface area contributed by atoms with Gasteiger partial charge in [0, 0.05) is 28.7 Å². The molecule has 73 valence electrons. The Kier molecular flexibility index (Phi) is 2.30. The van der Waals surface area contributed by atoms with Crippen molar-refractivity contribution in [2.24, 2.45) is 0 Å². The highest BCUT2D eigenvalue weighted by Gasteiger charge is 2.10. The van der Waals surface area contributed by atoms with Crippen LogP contribution in [0.15, 0.2) is 18.2 Å². The summed E-state index contributed by atoms with van der Waals surface area (Å²) in [7, 11) is 0. The zero-order chi connectivity index (χ0) is 10.1. The third-order valence-corrected chi connectivity index (χ3v) is 2.74. The van der Waals surface area contributed by atoms with Gasteiger partial charge in [0.25, 0.3) is 0 Å². The average molecular weight is 188 g/mol. The number of fused-ring (bicyclic) bond motifs is 1. The molecule has 2 heteroatoms. The van der Waals surface area contributed by atoms with Crippen LogP contribution < -0.4 is 0 Å². The molecule has 0 unspecified atom stereocenters. The van der Waals surface area contributed by atoms with Crippen molar-refractivity contribution in [3.05, 3.63) is 35.5 Å². The van der Waals surface area contributed by atoms with Crippen LogP contribution in [0.3, 0.4) is 0 Å². The quantitative estimate of drug-likeness (QED) is 0.768. The Morgan fingerprint density at radius 3 is 2.93 bits per heavy atom. The van der Waals surface area contributed by atoms with E-state index in [1.54, 1.807) is 0 Å². The van der Waals surface area contributed by atoms with Crippen LogP contribution in [0.25, 0.3) is 10.9 Å². The molecule has 0 atom stereocenters. The summed E-state index contributed by atoms with van der Waals surface area (Å²) >= 11 is 0. The van der Waals surface area contributed by atoms with Crippen molar-refractivity contribution >= 4 is 10.9 Å². The van der Waals surface area contributed by atoms with Gasteiger partial charge < -0.3 is 9.67 Å². The number of rotatable bonds is 2. The van der Waals surface area contributed by atoms with E-state index in [1.807, 2.05) is 19.1 Å². The molecule has 0 aliphatic carbocycles. The van der Waals surface area contributed by atoms with Gasteiger partial charge in [0.05, 0.1) is 6.61 Å². The molecule has 1 heterocycles. The van der Waals surface area contributed by atoms with E-state index in [1.165, 1.54) is 0 Å². The molecule has 0 bridgehead atoms. The first kappa shape index (κ1) is 9.28. The van der Waals surface area contributed by atoms with Crippen molar-refractivity contribution in [1.29, 1.82) is 0 Å². The van der Waals surface area contributed by atoms with Crippen molar-refractivity contribution in [2.45, 2.75) is 27.0 Å². The van der Waals surface area contributed by atoms with E-state index >= 15 is 0 Å². The molecule has 0 fully saturated rings. The number of aliphatic hydroxyl groups excluding tert-OH is 1. The normalized spacial score (nSPS) is 11.1. The molecule has 1 aromatic heterocycles. The maximum atomic E-state index is 9.29. The molecule has 0 aliphatic heterocycles. The minimum Gasteiger partial charge on any atom is -0.392 e.